The van der Waals surface area contributed by atoms with Crippen LogP contribution in [0.25, 0.3) is 102 Å². The first-order valence-corrected chi connectivity index (χ1v) is 18.0. The van der Waals surface area contributed by atoms with Gasteiger partial charge in [-0.15, -0.1) is 11.3 Å². The summed E-state index contributed by atoms with van der Waals surface area (Å²) in [6.07, 6.45) is 0. The number of fused-ring (bicyclic) bond motifs is 12. The molecule has 0 radical (unpaired) electrons. The summed E-state index contributed by atoms with van der Waals surface area (Å²) in [4.78, 5) is 0. The molecule has 0 aliphatic heterocycles. The van der Waals surface area contributed by atoms with Crippen molar-refractivity contribution in [1.82, 2.24) is 4.57 Å². The summed E-state index contributed by atoms with van der Waals surface area (Å²) in [6.45, 7) is 0. The van der Waals surface area contributed by atoms with E-state index in [2.05, 4.69) is 180 Å². The second kappa shape index (κ2) is 10.6. The number of benzene rings is 9. The Morgan fingerprint density at radius 3 is 1.54 bits per heavy atom. The van der Waals surface area contributed by atoms with Gasteiger partial charge in [0.2, 0.25) is 0 Å². The molecular weight excluding hydrogens is 623 g/mol. The van der Waals surface area contributed by atoms with Gasteiger partial charge < -0.3 is 4.57 Å². The number of thiophene rings is 1. The van der Waals surface area contributed by atoms with E-state index in [0.29, 0.717) is 0 Å². The second-order valence-electron chi connectivity index (χ2n) is 13.3. The van der Waals surface area contributed by atoms with E-state index < -0.39 is 0 Å². The molecule has 2 heterocycles. The number of hydrogen-bond donors (Lipinski definition) is 0. The van der Waals surface area contributed by atoms with Crippen LogP contribution in [0.1, 0.15) is 0 Å². The van der Waals surface area contributed by atoms with Gasteiger partial charge in [0.1, 0.15) is 0 Å². The Labute approximate surface area is 292 Å². The minimum absolute atomic E-state index is 1.16. The maximum Gasteiger partial charge on any atom is 0.0547 e. The number of para-hydroxylation sites is 1. The van der Waals surface area contributed by atoms with Crippen molar-refractivity contribution < 1.29 is 0 Å². The van der Waals surface area contributed by atoms with Crippen molar-refractivity contribution in [2.75, 3.05) is 0 Å². The standard InChI is InChI=1S/C48H29NS/c1-2-14-37-35(12-1)36-13-3-4-15-38(36)43-27-31(20-23-39(37)43)30-10-9-11-34(26-30)49-45-18-7-5-16-40(45)41-24-21-33(29-46(41)49)32-22-25-48-44(28-32)42-17-6-8-19-47(42)50-48/h1-29H. The molecule has 0 saturated carbocycles. The molecule has 232 valence electrons. The van der Waals surface area contributed by atoms with Gasteiger partial charge in [0.05, 0.1) is 11.0 Å². The zero-order chi connectivity index (χ0) is 32.8. The number of rotatable bonds is 3. The maximum atomic E-state index is 2.44. The maximum absolute atomic E-state index is 2.44. The van der Waals surface area contributed by atoms with E-state index in [0.717, 1.165) is 5.69 Å². The van der Waals surface area contributed by atoms with E-state index in [9.17, 15) is 0 Å². The van der Waals surface area contributed by atoms with Crippen molar-refractivity contribution in [2.24, 2.45) is 0 Å². The lowest BCUT2D eigenvalue weighted by atomic mass is 9.92. The van der Waals surface area contributed by atoms with Gasteiger partial charge in [-0.25, -0.2) is 0 Å². The highest BCUT2D eigenvalue weighted by molar-refractivity contribution is 7.25. The largest absolute Gasteiger partial charge is 0.309 e. The van der Waals surface area contributed by atoms with Gasteiger partial charge in [0.25, 0.3) is 0 Å². The summed E-state index contributed by atoms with van der Waals surface area (Å²) in [5, 5.41) is 13.0. The minimum atomic E-state index is 1.16. The molecule has 0 fully saturated rings. The van der Waals surface area contributed by atoms with E-state index in [1.165, 1.54) is 96.5 Å². The number of hydrogen-bond acceptors (Lipinski definition) is 1. The summed E-state index contributed by atoms with van der Waals surface area (Å²) >= 11 is 1.87. The fourth-order valence-corrected chi connectivity index (χ4v) is 9.33. The van der Waals surface area contributed by atoms with Crippen molar-refractivity contribution in [3.8, 4) is 27.9 Å². The van der Waals surface area contributed by atoms with Crippen LogP contribution in [0.4, 0.5) is 0 Å². The first-order chi connectivity index (χ1) is 24.8. The third kappa shape index (κ3) is 4.06. The summed E-state index contributed by atoms with van der Waals surface area (Å²) < 4.78 is 5.11. The van der Waals surface area contributed by atoms with Gasteiger partial charge >= 0.3 is 0 Å². The van der Waals surface area contributed by atoms with Crippen LogP contribution >= 0.6 is 11.3 Å². The fraction of sp³-hybridized carbons (Fsp3) is 0. The lowest BCUT2D eigenvalue weighted by molar-refractivity contribution is 1.18. The summed E-state index contributed by atoms with van der Waals surface area (Å²) in [6, 6.07) is 65.1. The molecule has 9 aromatic carbocycles. The number of aromatic nitrogens is 1. The third-order valence-electron chi connectivity index (χ3n) is 10.6. The Bertz CT molecular complexity index is 3120. The molecule has 2 heteroatoms. The highest BCUT2D eigenvalue weighted by atomic mass is 32.1. The molecular formula is C48H29NS. The van der Waals surface area contributed by atoms with Gasteiger partial charge in [-0.05, 0) is 103 Å². The average molecular weight is 652 g/mol. The lowest BCUT2D eigenvalue weighted by Gasteiger charge is -2.13. The Morgan fingerprint density at radius 2 is 0.780 bits per heavy atom. The normalized spacial score (nSPS) is 12.0. The topological polar surface area (TPSA) is 4.93 Å². The van der Waals surface area contributed by atoms with Crippen molar-refractivity contribution in [2.45, 2.75) is 0 Å². The molecule has 0 N–H and O–H groups in total. The third-order valence-corrected chi connectivity index (χ3v) is 11.7. The average Bonchev–Trinajstić information content (AvgIpc) is 3.73. The molecule has 0 unspecified atom stereocenters. The van der Waals surface area contributed by atoms with Gasteiger partial charge in [-0.1, -0.05) is 127 Å². The van der Waals surface area contributed by atoms with E-state index in [-0.39, 0.29) is 0 Å². The lowest BCUT2D eigenvalue weighted by Crippen LogP contribution is -1.94. The molecule has 11 aromatic rings. The molecule has 50 heavy (non-hydrogen) atoms. The van der Waals surface area contributed by atoms with Crippen LogP contribution in [-0.4, -0.2) is 4.57 Å². The first kappa shape index (κ1) is 27.7. The quantitative estimate of drug-likeness (QED) is 0.168. The predicted molar refractivity (Wildman–Crippen MR) is 217 cm³/mol. The smallest absolute Gasteiger partial charge is 0.0547 e. The van der Waals surface area contributed by atoms with Crippen LogP contribution in [0.15, 0.2) is 176 Å². The zero-order valence-corrected chi connectivity index (χ0v) is 27.9. The van der Waals surface area contributed by atoms with Gasteiger partial charge in [0.15, 0.2) is 0 Å². The summed E-state index contributed by atoms with van der Waals surface area (Å²) in [5.74, 6) is 0. The van der Waals surface area contributed by atoms with Crippen LogP contribution in [0.3, 0.4) is 0 Å². The molecule has 0 atom stereocenters. The van der Waals surface area contributed by atoms with E-state index in [1.807, 2.05) is 11.3 Å². The fourth-order valence-electron chi connectivity index (χ4n) is 8.25. The molecule has 1 nitrogen and oxygen atoms in total. The first-order valence-electron chi connectivity index (χ1n) is 17.2. The monoisotopic (exact) mass is 651 g/mol. The molecule has 2 aromatic heterocycles. The Kier molecular flexibility index (Phi) is 5.89. The van der Waals surface area contributed by atoms with Gasteiger partial charge in [0, 0.05) is 36.6 Å². The molecule has 11 rings (SSSR count). The van der Waals surface area contributed by atoms with Crippen molar-refractivity contribution in [1.29, 1.82) is 0 Å². The second-order valence-corrected chi connectivity index (χ2v) is 14.4. The van der Waals surface area contributed by atoms with Crippen LogP contribution in [0.5, 0.6) is 0 Å². The molecule has 0 spiro atoms. The van der Waals surface area contributed by atoms with E-state index >= 15 is 0 Å². The van der Waals surface area contributed by atoms with Crippen molar-refractivity contribution >= 4 is 85.6 Å². The van der Waals surface area contributed by atoms with Crippen LogP contribution < -0.4 is 0 Å². The van der Waals surface area contributed by atoms with Gasteiger partial charge in [-0.3, -0.25) is 0 Å². The molecule has 0 aliphatic rings. The predicted octanol–water partition coefficient (Wildman–Crippen LogP) is 13.9. The van der Waals surface area contributed by atoms with Crippen LogP contribution in [0, 0.1) is 0 Å². The summed E-state index contributed by atoms with van der Waals surface area (Å²) in [7, 11) is 0. The SMILES string of the molecule is c1cc(-c2ccc3c4ccccc4c4ccccc4c3c2)cc(-n2c3ccccc3c3ccc(-c4ccc5sc6ccccc6c5c4)cc32)c1. The summed E-state index contributed by atoms with van der Waals surface area (Å²) in [5.41, 5.74) is 8.48. The Balaban J connectivity index is 1.10. The van der Waals surface area contributed by atoms with Crippen molar-refractivity contribution in [3.63, 3.8) is 0 Å². The minimum Gasteiger partial charge on any atom is -0.309 e. The van der Waals surface area contributed by atoms with Gasteiger partial charge in [-0.2, -0.15) is 0 Å². The van der Waals surface area contributed by atoms with E-state index in [4.69, 9.17) is 0 Å². The molecule has 0 saturated heterocycles. The molecule has 0 bridgehead atoms. The molecule has 0 aliphatic carbocycles. The highest BCUT2D eigenvalue weighted by Crippen LogP contribution is 2.40. The Morgan fingerprint density at radius 1 is 0.280 bits per heavy atom. The zero-order valence-electron chi connectivity index (χ0n) is 27.1. The van der Waals surface area contributed by atoms with Crippen molar-refractivity contribution in [3.05, 3.63) is 176 Å². The Hall–Kier alpha value is -6.22. The van der Waals surface area contributed by atoms with Crippen LogP contribution in [-0.2, 0) is 0 Å². The number of nitrogens with zero attached hydrogens (tertiary/aromatic N) is 1. The van der Waals surface area contributed by atoms with E-state index in [1.54, 1.807) is 0 Å². The van der Waals surface area contributed by atoms with Crippen LogP contribution in [0.2, 0.25) is 0 Å². The molecule has 0 amide bonds. The highest BCUT2D eigenvalue weighted by Gasteiger charge is 2.16.